The Hall–Kier alpha value is -4.10. The monoisotopic (exact) mass is 482 g/mol. The molecule has 5 rings (SSSR count). The molecule has 1 aliphatic heterocycles. The Balaban J connectivity index is 1.34. The van der Waals surface area contributed by atoms with Gasteiger partial charge < -0.3 is 19.7 Å². The molecule has 7 heteroatoms. The second-order valence-corrected chi connectivity index (χ2v) is 8.76. The first kappa shape index (κ1) is 23.6. The summed E-state index contributed by atoms with van der Waals surface area (Å²) in [7, 11) is 1.63. The van der Waals surface area contributed by atoms with Crippen molar-refractivity contribution in [1.29, 1.82) is 0 Å². The summed E-state index contributed by atoms with van der Waals surface area (Å²) in [6, 6.07) is 26.0. The summed E-state index contributed by atoms with van der Waals surface area (Å²) in [4.78, 5) is 15.6. The van der Waals surface area contributed by atoms with Crippen LogP contribution in [0, 0.1) is 0 Å². The zero-order valence-corrected chi connectivity index (χ0v) is 20.4. The molecule has 0 atom stereocenters. The predicted molar refractivity (Wildman–Crippen MR) is 140 cm³/mol. The van der Waals surface area contributed by atoms with E-state index in [4.69, 9.17) is 14.6 Å². The number of nitrogens with one attached hydrogen (secondary N) is 1. The fourth-order valence-corrected chi connectivity index (χ4v) is 4.35. The first-order valence-corrected chi connectivity index (χ1v) is 12.2. The average molecular weight is 483 g/mol. The molecule has 0 bridgehead atoms. The summed E-state index contributed by atoms with van der Waals surface area (Å²) in [6.07, 6.45) is 1.82. The molecule has 0 spiro atoms. The van der Waals surface area contributed by atoms with E-state index in [2.05, 4.69) is 34.5 Å². The van der Waals surface area contributed by atoms with Gasteiger partial charge in [0.15, 0.2) is 0 Å². The Morgan fingerprint density at radius 2 is 1.75 bits per heavy atom. The summed E-state index contributed by atoms with van der Waals surface area (Å²) < 4.78 is 12.6. The van der Waals surface area contributed by atoms with Gasteiger partial charge in [0.25, 0.3) is 5.91 Å². The molecule has 7 nitrogen and oxygen atoms in total. The lowest BCUT2D eigenvalue weighted by molar-refractivity contribution is 0.0951. The van der Waals surface area contributed by atoms with Crippen LogP contribution in [-0.4, -0.2) is 49.1 Å². The zero-order chi connectivity index (χ0) is 24.7. The predicted octanol–water partition coefficient (Wildman–Crippen LogP) is 4.37. The second kappa shape index (κ2) is 11.1. The number of ether oxygens (including phenoxy) is 2. The molecule has 0 aliphatic carbocycles. The van der Waals surface area contributed by atoms with Crippen LogP contribution in [0.5, 0.6) is 5.75 Å². The van der Waals surface area contributed by atoms with E-state index in [1.54, 1.807) is 7.11 Å². The van der Waals surface area contributed by atoms with Gasteiger partial charge in [0.1, 0.15) is 11.4 Å². The van der Waals surface area contributed by atoms with Crippen molar-refractivity contribution in [3.8, 4) is 17.0 Å². The molecular formula is C29H30N4O3. The summed E-state index contributed by atoms with van der Waals surface area (Å²) in [5.74, 6) is 0.557. The largest absolute Gasteiger partial charge is 0.497 e. The third-order valence-electron chi connectivity index (χ3n) is 6.30. The Morgan fingerprint density at radius 3 is 2.50 bits per heavy atom. The molecule has 1 aliphatic rings. The van der Waals surface area contributed by atoms with Gasteiger partial charge >= 0.3 is 0 Å². The van der Waals surface area contributed by atoms with Crippen LogP contribution in [0.4, 0.5) is 5.69 Å². The average Bonchev–Trinajstić information content (AvgIpc) is 3.37. The number of hydrogen-bond donors (Lipinski definition) is 1. The number of carbonyl (C=O) groups excluding carboxylic acids is 1. The molecule has 3 aromatic carbocycles. The molecule has 1 amide bonds. The zero-order valence-electron chi connectivity index (χ0n) is 20.4. The Kier molecular flexibility index (Phi) is 7.28. The molecule has 4 aromatic rings. The highest BCUT2D eigenvalue weighted by atomic mass is 16.5. The van der Waals surface area contributed by atoms with E-state index in [-0.39, 0.29) is 5.91 Å². The molecular weight excluding hydrogens is 452 g/mol. The van der Waals surface area contributed by atoms with Crippen LogP contribution in [0.3, 0.4) is 0 Å². The summed E-state index contributed by atoms with van der Waals surface area (Å²) in [5, 5.41) is 7.85. The maximum absolute atomic E-state index is 13.3. The maximum Gasteiger partial charge on any atom is 0.255 e. The van der Waals surface area contributed by atoms with Gasteiger partial charge in [0, 0.05) is 37.1 Å². The molecule has 0 radical (unpaired) electrons. The van der Waals surface area contributed by atoms with Crippen LogP contribution in [-0.2, 0) is 17.8 Å². The first-order chi connectivity index (χ1) is 17.7. The van der Waals surface area contributed by atoms with Crippen LogP contribution < -0.4 is 15.0 Å². The summed E-state index contributed by atoms with van der Waals surface area (Å²) >= 11 is 0. The fourth-order valence-electron chi connectivity index (χ4n) is 4.35. The van der Waals surface area contributed by atoms with E-state index >= 15 is 0 Å². The van der Waals surface area contributed by atoms with Gasteiger partial charge in [0.05, 0.1) is 32.4 Å². The van der Waals surface area contributed by atoms with E-state index in [0.717, 1.165) is 48.7 Å². The van der Waals surface area contributed by atoms with Crippen LogP contribution in [0.25, 0.3) is 11.3 Å². The van der Waals surface area contributed by atoms with E-state index in [0.29, 0.717) is 24.3 Å². The number of carbonyl (C=O) groups is 1. The third kappa shape index (κ3) is 5.58. The van der Waals surface area contributed by atoms with Crippen molar-refractivity contribution < 1.29 is 14.3 Å². The minimum atomic E-state index is -0.163. The lowest BCUT2D eigenvalue weighted by Gasteiger charge is -2.28. The summed E-state index contributed by atoms with van der Waals surface area (Å²) in [6.45, 7) is 4.32. The highest BCUT2D eigenvalue weighted by Crippen LogP contribution is 2.26. The van der Waals surface area contributed by atoms with E-state index in [1.165, 1.54) is 5.69 Å². The van der Waals surface area contributed by atoms with Crippen LogP contribution in [0.15, 0.2) is 85.1 Å². The van der Waals surface area contributed by atoms with Crippen molar-refractivity contribution in [2.24, 2.45) is 0 Å². The topological polar surface area (TPSA) is 68.6 Å². The molecule has 0 saturated carbocycles. The molecule has 1 fully saturated rings. The van der Waals surface area contributed by atoms with Crippen molar-refractivity contribution >= 4 is 11.6 Å². The smallest absolute Gasteiger partial charge is 0.255 e. The standard InChI is InChI=1S/C29H30N4O3/c1-35-26-9-5-8-24(18-26)28-27(21-33(31-28)20-23-6-3-2-4-7-23)29(34)30-19-22-10-12-25(13-11-22)32-14-16-36-17-15-32/h2-13,18,21H,14-17,19-20H2,1H3,(H,30,34). The molecule has 36 heavy (non-hydrogen) atoms. The van der Waals surface area contributed by atoms with Crippen molar-refractivity contribution in [3.05, 3.63) is 102 Å². The summed E-state index contributed by atoms with van der Waals surface area (Å²) in [5.41, 5.74) is 5.33. The van der Waals surface area contributed by atoms with Gasteiger partial charge in [0.2, 0.25) is 0 Å². The lowest BCUT2D eigenvalue weighted by Crippen LogP contribution is -2.36. The minimum Gasteiger partial charge on any atom is -0.497 e. The first-order valence-electron chi connectivity index (χ1n) is 12.2. The van der Waals surface area contributed by atoms with E-state index < -0.39 is 0 Å². The molecule has 2 heterocycles. The van der Waals surface area contributed by atoms with Gasteiger partial charge in [-0.15, -0.1) is 0 Å². The van der Waals surface area contributed by atoms with Gasteiger partial charge in [-0.25, -0.2) is 0 Å². The van der Waals surface area contributed by atoms with Crippen LogP contribution in [0.1, 0.15) is 21.5 Å². The van der Waals surface area contributed by atoms with Crippen molar-refractivity contribution in [1.82, 2.24) is 15.1 Å². The van der Waals surface area contributed by atoms with Crippen molar-refractivity contribution in [3.63, 3.8) is 0 Å². The van der Waals surface area contributed by atoms with E-state index in [9.17, 15) is 4.79 Å². The minimum absolute atomic E-state index is 0.163. The SMILES string of the molecule is COc1cccc(-c2nn(Cc3ccccc3)cc2C(=O)NCc2ccc(N3CCOCC3)cc2)c1. The number of nitrogens with zero attached hydrogens (tertiary/aromatic N) is 3. The van der Waals surface area contributed by atoms with Gasteiger partial charge in [-0.1, -0.05) is 54.6 Å². The normalized spacial score (nSPS) is 13.4. The highest BCUT2D eigenvalue weighted by molar-refractivity contribution is 5.99. The molecule has 1 N–H and O–H groups in total. The van der Waals surface area contributed by atoms with Crippen molar-refractivity contribution in [2.75, 3.05) is 38.3 Å². The van der Waals surface area contributed by atoms with Gasteiger partial charge in [-0.3, -0.25) is 9.48 Å². The second-order valence-electron chi connectivity index (χ2n) is 8.76. The quantitative estimate of drug-likeness (QED) is 0.404. The number of methoxy groups -OCH3 is 1. The maximum atomic E-state index is 13.3. The van der Waals surface area contributed by atoms with E-state index in [1.807, 2.05) is 65.5 Å². The molecule has 184 valence electrons. The highest BCUT2D eigenvalue weighted by Gasteiger charge is 2.19. The van der Waals surface area contributed by atoms with Crippen LogP contribution in [0.2, 0.25) is 0 Å². The number of hydrogen-bond acceptors (Lipinski definition) is 5. The Morgan fingerprint density at radius 1 is 0.972 bits per heavy atom. The number of rotatable bonds is 8. The number of aromatic nitrogens is 2. The molecule has 0 unspecified atom stereocenters. The van der Waals surface area contributed by atoms with Gasteiger partial charge in [-0.05, 0) is 35.4 Å². The Bertz CT molecular complexity index is 1300. The molecule has 1 aromatic heterocycles. The lowest BCUT2D eigenvalue weighted by atomic mass is 10.1. The number of morpholine rings is 1. The van der Waals surface area contributed by atoms with Gasteiger partial charge in [-0.2, -0.15) is 5.10 Å². The Labute approximate surface area is 211 Å². The molecule has 1 saturated heterocycles. The van der Waals surface area contributed by atoms with Crippen molar-refractivity contribution in [2.45, 2.75) is 13.1 Å². The number of anilines is 1. The fraction of sp³-hybridized carbons (Fsp3) is 0.241. The number of amides is 1. The van der Waals surface area contributed by atoms with Crippen LogP contribution >= 0.6 is 0 Å². The number of benzene rings is 3. The third-order valence-corrected chi connectivity index (χ3v) is 6.30.